The van der Waals surface area contributed by atoms with E-state index in [9.17, 15) is 14.4 Å². The predicted molar refractivity (Wildman–Crippen MR) is 93.4 cm³/mol. The van der Waals surface area contributed by atoms with E-state index in [1.807, 2.05) is 6.07 Å². The SMILES string of the molecule is O=C1CC(c2cccc(NC(=O)c3cnc4nc[nH]c4c3)c2)CC(=O)N1. The van der Waals surface area contributed by atoms with E-state index in [1.54, 1.807) is 24.3 Å². The number of imidazole rings is 1. The summed E-state index contributed by atoms with van der Waals surface area (Å²) in [7, 11) is 0. The number of hydrogen-bond donors (Lipinski definition) is 3. The normalized spacial score (nSPS) is 15.1. The fourth-order valence-corrected chi connectivity index (χ4v) is 3.04. The first kappa shape index (κ1) is 15.9. The summed E-state index contributed by atoms with van der Waals surface area (Å²) < 4.78 is 0. The standard InChI is InChI=1S/C18H15N5O3/c24-15-6-11(7-16(25)23-15)10-2-1-3-13(4-10)22-18(26)12-5-14-17(19-8-12)21-9-20-14/h1-5,8-9,11H,6-7H2,(H,22,26)(H,19,20,21)(H,23,24,25). The fourth-order valence-electron chi connectivity index (χ4n) is 3.04. The maximum atomic E-state index is 12.5. The molecule has 0 radical (unpaired) electrons. The van der Waals surface area contributed by atoms with Crippen molar-refractivity contribution in [2.75, 3.05) is 5.32 Å². The largest absolute Gasteiger partial charge is 0.343 e. The number of anilines is 1. The number of aromatic nitrogens is 3. The molecule has 1 fully saturated rings. The van der Waals surface area contributed by atoms with Gasteiger partial charge in [0.1, 0.15) is 0 Å². The first-order valence-corrected chi connectivity index (χ1v) is 8.11. The van der Waals surface area contributed by atoms with Gasteiger partial charge in [-0.25, -0.2) is 9.97 Å². The number of carbonyl (C=O) groups excluding carboxylic acids is 3. The number of nitrogens with one attached hydrogen (secondary N) is 3. The molecule has 3 N–H and O–H groups in total. The number of fused-ring (bicyclic) bond motifs is 1. The molecule has 1 saturated heterocycles. The average Bonchev–Trinajstić information content (AvgIpc) is 3.09. The summed E-state index contributed by atoms with van der Waals surface area (Å²) in [5, 5.41) is 5.12. The second-order valence-electron chi connectivity index (χ2n) is 6.15. The van der Waals surface area contributed by atoms with Crippen LogP contribution in [-0.4, -0.2) is 32.7 Å². The minimum Gasteiger partial charge on any atom is -0.343 e. The van der Waals surface area contributed by atoms with Crippen LogP contribution in [0.5, 0.6) is 0 Å². The number of carbonyl (C=O) groups is 3. The van der Waals surface area contributed by atoms with Gasteiger partial charge in [-0.3, -0.25) is 19.7 Å². The zero-order valence-corrected chi connectivity index (χ0v) is 13.7. The highest BCUT2D eigenvalue weighted by atomic mass is 16.2. The number of imide groups is 1. The predicted octanol–water partition coefficient (Wildman–Crippen LogP) is 1.73. The van der Waals surface area contributed by atoms with Crippen molar-refractivity contribution in [1.29, 1.82) is 0 Å². The van der Waals surface area contributed by atoms with Crippen LogP contribution in [0.3, 0.4) is 0 Å². The number of amides is 3. The van der Waals surface area contributed by atoms with E-state index < -0.39 is 0 Å². The first-order valence-electron chi connectivity index (χ1n) is 8.11. The van der Waals surface area contributed by atoms with Crippen molar-refractivity contribution in [1.82, 2.24) is 20.3 Å². The Balaban J connectivity index is 1.53. The fraction of sp³-hybridized carbons (Fsp3) is 0.167. The number of rotatable bonds is 3. The maximum absolute atomic E-state index is 12.5. The number of aromatic amines is 1. The smallest absolute Gasteiger partial charge is 0.257 e. The molecule has 0 atom stereocenters. The van der Waals surface area contributed by atoms with E-state index in [0.717, 1.165) is 5.56 Å². The van der Waals surface area contributed by atoms with Gasteiger partial charge in [0.25, 0.3) is 5.91 Å². The summed E-state index contributed by atoms with van der Waals surface area (Å²) in [5.41, 5.74) is 3.06. The zero-order valence-electron chi connectivity index (χ0n) is 13.7. The van der Waals surface area contributed by atoms with Crippen LogP contribution in [0.2, 0.25) is 0 Å². The van der Waals surface area contributed by atoms with Gasteiger partial charge in [-0.1, -0.05) is 12.1 Å². The molecule has 0 saturated carbocycles. The molecule has 8 heteroatoms. The van der Waals surface area contributed by atoms with E-state index in [2.05, 4.69) is 25.6 Å². The van der Waals surface area contributed by atoms with E-state index in [0.29, 0.717) is 22.4 Å². The lowest BCUT2D eigenvalue weighted by atomic mass is 9.89. The molecule has 1 aliphatic rings. The molecule has 26 heavy (non-hydrogen) atoms. The Bertz CT molecular complexity index is 1010. The van der Waals surface area contributed by atoms with Crippen molar-refractivity contribution in [2.45, 2.75) is 18.8 Å². The molecule has 4 rings (SSSR count). The second kappa shape index (κ2) is 6.40. The molecule has 3 aromatic rings. The minimum atomic E-state index is -0.302. The third-order valence-electron chi connectivity index (χ3n) is 4.29. The van der Waals surface area contributed by atoms with Crippen molar-refractivity contribution in [3.63, 3.8) is 0 Å². The third-order valence-corrected chi connectivity index (χ3v) is 4.29. The van der Waals surface area contributed by atoms with Gasteiger partial charge in [-0.2, -0.15) is 0 Å². The molecule has 0 aliphatic carbocycles. The van der Waals surface area contributed by atoms with Crippen LogP contribution in [0.15, 0.2) is 42.9 Å². The van der Waals surface area contributed by atoms with Crippen LogP contribution < -0.4 is 10.6 Å². The lowest BCUT2D eigenvalue weighted by Gasteiger charge is -2.21. The molecule has 3 heterocycles. The zero-order chi connectivity index (χ0) is 18.1. The number of benzene rings is 1. The summed E-state index contributed by atoms with van der Waals surface area (Å²) in [6, 6.07) is 8.87. The van der Waals surface area contributed by atoms with Crippen LogP contribution in [-0.2, 0) is 9.59 Å². The van der Waals surface area contributed by atoms with Crippen molar-refractivity contribution in [3.05, 3.63) is 54.0 Å². The first-order chi connectivity index (χ1) is 12.6. The molecular weight excluding hydrogens is 334 g/mol. The number of pyridine rings is 1. The molecule has 0 spiro atoms. The van der Waals surface area contributed by atoms with E-state index in [-0.39, 0.29) is 36.5 Å². The summed E-state index contributed by atoms with van der Waals surface area (Å²) in [5.74, 6) is -1.04. The molecular formula is C18H15N5O3. The number of nitrogens with zero attached hydrogens (tertiary/aromatic N) is 2. The monoisotopic (exact) mass is 349 g/mol. The highest BCUT2D eigenvalue weighted by Gasteiger charge is 2.26. The van der Waals surface area contributed by atoms with Crippen molar-refractivity contribution in [3.8, 4) is 0 Å². The lowest BCUT2D eigenvalue weighted by Crippen LogP contribution is -2.37. The van der Waals surface area contributed by atoms with Crippen LogP contribution >= 0.6 is 0 Å². The van der Waals surface area contributed by atoms with Gasteiger partial charge in [-0.15, -0.1) is 0 Å². The van der Waals surface area contributed by atoms with Crippen LogP contribution in [0.1, 0.15) is 34.7 Å². The minimum absolute atomic E-state index is 0.184. The summed E-state index contributed by atoms with van der Waals surface area (Å²) >= 11 is 0. The Labute approximate surface area is 148 Å². The quantitative estimate of drug-likeness (QED) is 0.623. The highest BCUT2D eigenvalue weighted by Crippen LogP contribution is 2.28. The third kappa shape index (κ3) is 3.16. The van der Waals surface area contributed by atoms with Crippen LogP contribution in [0.25, 0.3) is 11.2 Å². The Hall–Kier alpha value is -3.55. The van der Waals surface area contributed by atoms with Crippen LogP contribution in [0.4, 0.5) is 5.69 Å². The second-order valence-corrected chi connectivity index (χ2v) is 6.15. The van der Waals surface area contributed by atoms with Gasteiger partial charge in [0.2, 0.25) is 11.8 Å². The summed E-state index contributed by atoms with van der Waals surface area (Å²) in [6.07, 6.45) is 3.49. The van der Waals surface area contributed by atoms with Gasteiger partial charge < -0.3 is 10.3 Å². The van der Waals surface area contributed by atoms with Crippen LogP contribution in [0, 0.1) is 0 Å². The van der Waals surface area contributed by atoms with Crippen molar-refractivity contribution in [2.24, 2.45) is 0 Å². The van der Waals surface area contributed by atoms with Crippen molar-refractivity contribution < 1.29 is 14.4 Å². The topological polar surface area (TPSA) is 117 Å². The Kier molecular flexibility index (Phi) is 3.92. The number of hydrogen-bond acceptors (Lipinski definition) is 5. The van der Waals surface area contributed by atoms with Gasteiger partial charge in [0.05, 0.1) is 17.4 Å². The molecule has 1 aliphatic heterocycles. The highest BCUT2D eigenvalue weighted by molar-refractivity contribution is 6.05. The van der Waals surface area contributed by atoms with Gasteiger partial charge in [-0.05, 0) is 23.8 Å². The molecule has 130 valence electrons. The van der Waals surface area contributed by atoms with Gasteiger partial charge in [0.15, 0.2) is 5.65 Å². The summed E-state index contributed by atoms with van der Waals surface area (Å²) in [4.78, 5) is 46.7. The lowest BCUT2D eigenvalue weighted by molar-refractivity contribution is -0.133. The molecule has 0 unspecified atom stereocenters. The Morgan fingerprint density at radius 3 is 2.73 bits per heavy atom. The molecule has 8 nitrogen and oxygen atoms in total. The average molecular weight is 349 g/mol. The molecule has 2 aromatic heterocycles. The maximum Gasteiger partial charge on any atom is 0.257 e. The summed E-state index contributed by atoms with van der Waals surface area (Å²) in [6.45, 7) is 0. The molecule has 0 bridgehead atoms. The molecule has 3 amide bonds. The van der Waals surface area contributed by atoms with Gasteiger partial charge in [0, 0.05) is 30.6 Å². The van der Waals surface area contributed by atoms with E-state index in [4.69, 9.17) is 0 Å². The molecule has 1 aromatic carbocycles. The van der Waals surface area contributed by atoms with Gasteiger partial charge >= 0.3 is 0 Å². The van der Waals surface area contributed by atoms with Crippen molar-refractivity contribution >= 4 is 34.6 Å². The van der Waals surface area contributed by atoms with E-state index in [1.165, 1.54) is 12.5 Å². The Morgan fingerprint density at radius 2 is 1.92 bits per heavy atom. The number of H-pyrrole nitrogens is 1. The Morgan fingerprint density at radius 1 is 1.12 bits per heavy atom. The van der Waals surface area contributed by atoms with E-state index >= 15 is 0 Å². The number of piperidine rings is 1.